The van der Waals surface area contributed by atoms with E-state index in [2.05, 4.69) is 19.9 Å². The van der Waals surface area contributed by atoms with Crippen LogP contribution in [0.1, 0.15) is 55.9 Å². The van der Waals surface area contributed by atoms with Crippen LogP contribution in [0, 0.1) is 40.9 Å². The molecule has 4 heterocycles. The lowest BCUT2D eigenvalue weighted by Crippen LogP contribution is -3.11. The molecule has 0 N–H and O–H groups in total. The Morgan fingerprint density at radius 3 is 2.37 bits per heavy atom. The second-order valence-corrected chi connectivity index (χ2v) is 13.8. The maximum atomic E-state index is 13.6. The first-order chi connectivity index (χ1) is 20.6. The highest BCUT2D eigenvalue weighted by atomic mass is 19.4. The van der Waals surface area contributed by atoms with E-state index < -0.39 is 11.9 Å². The Morgan fingerprint density at radius 2 is 1.74 bits per heavy atom. The van der Waals surface area contributed by atoms with Crippen molar-refractivity contribution in [1.82, 2.24) is 34.1 Å². The minimum atomic E-state index is -4.46. The number of hydrogen-bond acceptors (Lipinski definition) is 7. The van der Waals surface area contributed by atoms with Gasteiger partial charge >= 0.3 is 6.18 Å². The molecule has 43 heavy (non-hydrogen) atoms. The lowest BCUT2D eigenvalue weighted by Gasteiger charge is -3.11. The SMILES string of the molecule is COc1ncnc(C2CC2)c1-c1ncc2ccc(=O)n(CC34C5C6C3C3C4C5C63c3nc(C(F)(F)F)cn3C(C)C)c2n1. The molecule has 0 amide bonds. The van der Waals surface area contributed by atoms with Gasteiger partial charge in [0.05, 0.1) is 12.8 Å². The van der Waals surface area contributed by atoms with Gasteiger partial charge in [0.25, 0.3) is 5.56 Å². The van der Waals surface area contributed by atoms with Crippen molar-refractivity contribution in [1.29, 1.82) is 0 Å². The van der Waals surface area contributed by atoms with Crippen LogP contribution >= 0.6 is 0 Å². The van der Waals surface area contributed by atoms with Gasteiger partial charge in [0.2, 0.25) is 5.88 Å². The second-order valence-electron chi connectivity index (χ2n) is 13.8. The molecule has 12 heteroatoms. The largest absolute Gasteiger partial charge is 0.480 e. The number of methoxy groups -OCH3 is 1. The molecule has 0 unspecified atom stereocenters. The van der Waals surface area contributed by atoms with Crippen molar-refractivity contribution in [3.8, 4) is 17.3 Å². The van der Waals surface area contributed by atoms with Gasteiger partial charge < -0.3 is 9.30 Å². The van der Waals surface area contributed by atoms with Crippen LogP contribution in [0.25, 0.3) is 22.4 Å². The van der Waals surface area contributed by atoms with Crippen LogP contribution in [0.5, 0.6) is 5.88 Å². The Balaban J connectivity index is 1.02. The molecule has 9 nitrogen and oxygen atoms in total. The van der Waals surface area contributed by atoms with Gasteiger partial charge in [-0.3, -0.25) is 9.36 Å². The number of hydrogen-bond donors (Lipinski definition) is 0. The predicted octanol–water partition coefficient (Wildman–Crippen LogP) is 4.62. The summed E-state index contributed by atoms with van der Waals surface area (Å²) in [6.07, 6.45) is 2.07. The van der Waals surface area contributed by atoms with Crippen molar-refractivity contribution in [3.63, 3.8) is 0 Å². The summed E-state index contributed by atoms with van der Waals surface area (Å²) >= 11 is 0. The van der Waals surface area contributed by atoms with E-state index in [1.807, 2.05) is 13.8 Å². The van der Waals surface area contributed by atoms with Gasteiger partial charge in [-0.1, -0.05) is 0 Å². The fraction of sp³-hybridized carbons (Fsp3) is 0.548. The fourth-order valence-corrected chi connectivity index (χ4v) is 10.8. The molecule has 0 atom stereocenters. The third-order valence-electron chi connectivity index (χ3n) is 12.2. The number of halogens is 3. The van der Waals surface area contributed by atoms with Crippen molar-refractivity contribution in [2.24, 2.45) is 40.9 Å². The number of alkyl halides is 3. The van der Waals surface area contributed by atoms with Gasteiger partial charge in [-0.15, -0.1) is 0 Å². The lowest BCUT2D eigenvalue weighted by molar-refractivity contribution is -0.632. The van der Waals surface area contributed by atoms with E-state index in [1.54, 1.807) is 34.6 Å². The van der Waals surface area contributed by atoms with Gasteiger partial charge in [-0.25, -0.2) is 24.9 Å². The summed E-state index contributed by atoms with van der Waals surface area (Å²) in [6, 6.07) is 3.25. The van der Waals surface area contributed by atoms with Crippen LogP contribution in [0.3, 0.4) is 0 Å². The topological polar surface area (TPSA) is 101 Å². The molecule has 4 aromatic heterocycles. The van der Waals surface area contributed by atoms with E-state index in [4.69, 9.17) is 9.72 Å². The number of ether oxygens (including phenoxy) is 1. The number of nitrogens with zero attached hydrogens (tertiary/aromatic N) is 7. The average Bonchev–Trinajstić information content (AvgIpc) is 3.74. The maximum Gasteiger partial charge on any atom is 0.434 e. The van der Waals surface area contributed by atoms with E-state index in [0.29, 0.717) is 76.7 Å². The summed E-state index contributed by atoms with van der Waals surface area (Å²) in [5.74, 6) is 4.16. The molecule has 11 rings (SSSR count). The highest BCUT2D eigenvalue weighted by Crippen LogP contribution is 3.10. The molecule has 7 fully saturated rings. The Hall–Kier alpha value is -3.83. The number of pyridine rings is 1. The molecule has 0 radical (unpaired) electrons. The van der Waals surface area contributed by atoms with Crippen molar-refractivity contribution < 1.29 is 17.9 Å². The Morgan fingerprint density at radius 1 is 1.02 bits per heavy atom. The zero-order chi connectivity index (χ0) is 29.4. The van der Waals surface area contributed by atoms with E-state index in [1.165, 1.54) is 12.5 Å². The normalized spacial score (nSPS) is 35.5. The zero-order valence-electron chi connectivity index (χ0n) is 23.7. The van der Waals surface area contributed by atoms with Crippen molar-refractivity contribution in [2.45, 2.75) is 56.8 Å². The molecular weight excluding hydrogens is 559 g/mol. The maximum absolute atomic E-state index is 13.6. The highest BCUT2D eigenvalue weighted by molar-refractivity contribution is 5.78. The summed E-state index contributed by atoms with van der Waals surface area (Å²) in [6.45, 7) is 4.41. The molecule has 220 valence electrons. The van der Waals surface area contributed by atoms with Crippen molar-refractivity contribution in [2.75, 3.05) is 7.11 Å². The zero-order valence-corrected chi connectivity index (χ0v) is 23.7. The van der Waals surface area contributed by atoms with Crippen molar-refractivity contribution >= 4 is 11.0 Å². The van der Waals surface area contributed by atoms with Crippen LogP contribution < -0.4 is 10.3 Å². The van der Waals surface area contributed by atoms with Gasteiger partial charge in [0.15, 0.2) is 11.5 Å². The van der Waals surface area contributed by atoms with E-state index in [0.717, 1.165) is 23.9 Å². The minimum Gasteiger partial charge on any atom is -0.480 e. The van der Waals surface area contributed by atoms with Gasteiger partial charge in [-0.05, 0) is 73.7 Å². The smallest absolute Gasteiger partial charge is 0.434 e. The Bertz CT molecular complexity index is 1920. The van der Waals surface area contributed by atoms with E-state index in [9.17, 15) is 18.0 Å². The summed E-state index contributed by atoms with van der Waals surface area (Å²) < 4.78 is 50.1. The summed E-state index contributed by atoms with van der Waals surface area (Å²) in [5.41, 5.74) is 1.05. The van der Waals surface area contributed by atoms with Crippen LogP contribution in [-0.4, -0.2) is 41.2 Å². The number of rotatable bonds is 7. The van der Waals surface area contributed by atoms with Gasteiger partial charge in [0.1, 0.15) is 23.4 Å². The minimum absolute atomic E-state index is 0.0276. The molecule has 4 aromatic rings. The quantitative estimate of drug-likeness (QED) is 0.311. The molecule has 0 saturated heterocycles. The predicted molar refractivity (Wildman–Crippen MR) is 146 cm³/mol. The summed E-state index contributed by atoms with van der Waals surface area (Å²) in [5, 5.41) is 0.777. The number of imidazole rings is 1. The van der Waals surface area contributed by atoms with Crippen LogP contribution in [0.15, 0.2) is 35.6 Å². The molecule has 7 aliphatic carbocycles. The third kappa shape index (κ3) is 2.47. The molecule has 0 bridgehead atoms. The van der Waals surface area contributed by atoms with Crippen LogP contribution in [0.2, 0.25) is 0 Å². The highest BCUT2D eigenvalue weighted by Gasteiger charge is 3.10. The Labute approximate surface area is 243 Å². The average molecular weight is 588 g/mol. The Kier molecular flexibility index (Phi) is 4.16. The molecular formula is C31H28F3N7O2. The molecule has 0 aliphatic heterocycles. The number of fused-ring (bicyclic) bond motifs is 1. The lowest BCUT2D eigenvalue weighted by atomic mass is 8.92. The molecule has 7 saturated carbocycles. The first-order valence-corrected chi connectivity index (χ1v) is 15.1. The van der Waals surface area contributed by atoms with Gasteiger partial charge in [0, 0.05) is 47.8 Å². The van der Waals surface area contributed by atoms with Crippen LogP contribution in [-0.2, 0) is 18.1 Å². The fourth-order valence-electron chi connectivity index (χ4n) is 10.8. The second kappa shape index (κ2) is 7.27. The number of aromatic nitrogens is 7. The standard InChI is InChI=1S/C31H28F3N7O2/c1-12(2)40-9-15(31(32,33)34)38-28(40)30-21-18-22(30)20-23(30)19(21)29(18,20)10-41-16(42)7-6-14-8-35-25(39-26(14)41)17-24(13-4-5-13)36-11-37-27(17)43-3/h6-9,11-13,18-23H,4-5,10H2,1-3H3. The van der Waals surface area contributed by atoms with Gasteiger partial charge in [-0.2, -0.15) is 13.2 Å². The molecule has 0 aromatic carbocycles. The first-order valence-electron chi connectivity index (χ1n) is 15.1. The monoisotopic (exact) mass is 587 g/mol. The van der Waals surface area contributed by atoms with Crippen LogP contribution in [0.4, 0.5) is 13.2 Å². The first kappa shape index (κ1) is 24.6. The molecule has 7 aliphatic rings. The summed E-state index contributed by atoms with van der Waals surface area (Å²) in [7, 11) is 1.57. The van der Waals surface area contributed by atoms with E-state index in [-0.39, 0.29) is 22.4 Å². The van der Waals surface area contributed by atoms with Crippen molar-refractivity contribution in [3.05, 3.63) is 58.4 Å². The van der Waals surface area contributed by atoms with E-state index >= 15 is 0 Å². The third-order valence-corrected chi connectivity index (χ3v) is 12.2. The summed E-state index contributed by atoms with van der Waals surface area (Å²) in [4.78, 5) is 36.0. The molecule has 0 spiro atoms.